The number of hydrogen-bond acceptors (Lipinski definition) is 2. The van der Waals surface area contributed by atoms with Crippen LogP contribution in [-0.4, -0.2) is 6.79 Å². The van der Waals surface area contributed by atoms with E-state index in [1.807, 2.05) is 24.3 Å². The Hall–Kier alpha value is -1.62. The number of benzene rings is 1. The molecule has 0 fully saturated rings. The van der Waals surface area contributed by atoms with Gasteiger partial charge in [0.05, 0.1) is 0 Å². The Bertz CT molecular complexity index is 230. The highest BCUT2D eigenvalue weighted by Crippen LogP contribution is 2.30. The second kappa shape index (κ2) is 3.52. The molecule has 0 spiro atoms. The number of hydrogen-bond donors (Lipinski definition) is 0. The van der Waals surface area contributed by atoms with Crippen molar-refractivity contribution in [3.05, 3.63) is 24.3 Å². The van der Waals surface area contributed by atoms with Crippen LogP contribution in [0.15, 0.2) is 24.3 Å². The quantitative estimate of drug-likeness (QED) is 0.521. The minimum atomic E-state index is 0.360. The fourth-order valence-electron chi connectivity index (χ4n) is 0.845. The summed E-state index contributed by atoms with van der Waals surface area (Å²) in [4.78, 5) is 0. The first-order valence-electron chi connectivity index (χ1n) is 3.15. The summed E-state index contributed by atoms with van der Waals surface area (Å²) in [5.41, 5.74) is 0. The summed E-state index contributed by atoms with van der Waals surface area (Å²) in [5, 5.41) is 0. The maximum absolute atomic E-state index is 5.08. The summed E-state index contributed by atoms with van der Waals surface area (Å²) in [6.07, 6.45) is 8.00. The lowest BCUT2D eigenvalue weighted by Crippen LogP contribution is -1.92. The van der Waals surface area contributed by atoms with Crippen LogP contribution in [0, 0.1) is 12.8 Å². The van der Waals surface area contributed by atoms with Gasteiger partial charge in [0.2, 0.25) is 6.79 Å². The van der Waals surface area contributed by atoms with Gasteiger partial charge in [-0.3, -0.25) is 0 Å². The molecule has 0 aliphatic carbocycles. The van der Waals surface area contributed by atoms with E-state index in [0.717, 1.165) is 11.5 Å². The molecule has 56 valence electrons. The molecule has 0 radical (unpaired) electrons. The number of fused-ring (bicyclic) bond motifs is 1. The molecule has 0 amide bonds. The average Bonchev–Trinajstić information content (AvgIpc) is 2.55. The van der Waals surface area contributed by atoms with Gasteiger partial charge in [0, 0.05) is 0 Å². The molecule has 2 heteroatoms. The molecule has 1 aliphatic rings. The predicted octanol–water partition coefficient (Wildman–Crippen LogP) is 1.66. The summed E-state index contributed by atoms with van der Waals surface area (Å²) in [5.74, 6) is 1.69. The second-order valence-corrected chi connectivity index (χ2v) is 1.85. The highest BCUT2D eigenvalue weighted by Gasteiger charge is 2.09. The van der Waals surface area contributed by atoms with Crippen molar-refractivity contribution < 1.29 is 9.47 Å². The van der Waals surface area contributed by atoms with Crippen LogP contribution >= 0.6 is 0 Å². The third kappa shape index (κ3) is 1.44. The minimum Gasteiger partial charge on any atom is -0.454 e. The van der Waals surface area contributed by atoms with Crippen LogP contribution in [0.2, 0.25) is 0 Å². The van der Waals surface area contributed by atoms with E-state index in [-0.39, 0.29) is 0 Å². The molecule has 1 aliphatic heterocycles. The van der Waals surface area contributed by atoms with E-state index in [2.05, 4.69) is 12.8 Å². The zero-order valence-electron chi connectivity index (χ0n) is 5.99. The van der Waals surface area contributed by atoms with E-state index in [0.29, 0.717) is 6.79 Å². The van der Waals surface area contributed by atoms with Gasteiger partial charge in [0.25, 0.3) is 0 Å². The Kier molecular flexibility index (Phi) is 2.40. The lowest BCUT2D eigenvalue weighted by atomic mass is 10.3. The molecule has 0 saturated heterocycles. The lowest BCUT2D eigenvalue weighted by Gasteiger charge is -1.89. The standard InChI is InChI=1S/C7H6O2.C2H2/c1-2-4-7-6(3-1)8-5-9-7;1-2/h1-4H,5H2;1-2H. The molecule has 11 heavy (non-hydrogen) atoms. The number of ether oxygens (including phenoxy) is 2. The third-order valence-electron chi connectivity index (χ3n) is 1.28. The average molecular weight is 148 g/mol. The summed E-state index contributed by atoms with van der Waals surface area (Å²) in [6.45, 7) is 0.360. The van der Waals surface area contributed by atoms with Crippen molar-refractivity contribution in [1.29, 1.82) is 0 Å². The van der Waals surface area contributed by atoms with Gasteiger partial charge in [-0.2, -0.15) is 0 Å². The predicted molar refractivity (Wildman–Crippen MR) is 42.5 cm³/mol. The molecular weight excluding hydrogens is 140 g/mol. The van der Waals surface area contributed by atoms with Gasteiger partial charge in [-0.15, -0.1) is 12.8 Å². The van der Waals surface area contributed by atoms with Gasteiger partial charge >= 0.3 is 0 Å². The van der Waals surface area contributed by atoms with Gasteiger partial charge in [-0.1, -0.05) is 12.1 Å². The van der Waals surface area contributed by atoms with Gasteiger partial charge in [-0.25, -0.2) is 0 Å². The molecule has 0 saturated carbocycles. The van der Waals surface area contributed by atoms with E-state index in [1.165, 1.54) is 0 Å². The van der Waals surface area contributed by atoms with Crippen molar-refractivity contribution in [2.75, 3.05) is 6.79 Å². The Balaban J connectivity index is 0.000000281. The van der Waals surface area contributed by atoms with Crippen LogP contribution in [0.1, 0.15) is 0 Å². The Labute approximate surface area is 65.8 Å². The molecule has 0 bridgehead atoms. The normalized spacial score (nSPS) is 11.5. The number of rotatable bonds is 0. The van der Waals surface area contributed by atoms with E-state index < -0.39 is 0 Å². The highest BCUT2D eigenvalue weighted by atomic mass is 16.7. The smallest absolute Gasteiger partial charge is 0.231 e. The second-order valence-electron chi connectivity index (χ2n) is 1.85. The van der Waals surface area contributed by atoms with Crippen LogP contribution in [0.3, 0.4) is 0 Å². The summed E-state index contributed by atoms with van der Waals surface area (Å²) >= 11 is 0. The van der Waals surface area contributed by atoms with E-state index >= 15 is 0 Å². The minimum absolute atomic E-state index is 0.360. The molecule has 1 heterocycles. The van der Waals surface area contributed by atoms with Crippen molar-refractivity contribution in [3.63, 3.8) is 0 Å². The zero-order valence-corrected chi connectivity index (χ0v) is 5.99. The van der Waals surface area contributed by atoms with Crippen LogP contribution in [0.25, 0.3) is 0 Å². The van der Waals surface area contributed by atoms with Crippen molar-refractivity contribution in [3.8, 4) is 24.3 Å². The molecule has 0 unspecified atom stereocenters. The fraction of sp³-hybridized carbons (Fsp3) is 0.111. The molecule has 0 N–H and O–H groups in total. The molecule has 2 nitrogen and oxygen atoms in total. The van der Waals surface area contributed by atoms with Crippen molar-refractivity contribution >= 4 is 0 Å². The first-order chi connectivity index (χ1) is 5.47. The molecule has 1 aromatic carbocycles. The SMILES string of the molecule is C#C.c1ccc2c(c1)OCO2. The topological polar surface area (TPSA) is 18.5 Å². The summed E-state index contributed by atoms with van der Waals surface area (Å²) in [7, 11) is 0. The Morgan fingerprint density at radius 2 is 1.45 bits per heavy atom. The first kappa shape index (κ1) is 7.49. The van der Waals surface area contributed by atoms with Crippen molar-refractivity contribution in [2.24, 2.45) is 0 Å². The zero-order chi connectivity index (χ0) is 8.10. The van der Waals surface area contributed by atoms with E-state index in [9.17, 15) is 0 Å². The van der Waals surface area contributed by atoms with E-state index in [4.69, 9.17) is 9.47 Å². The lowest BCUT2D eigenvalue weighted by molar-refractivity contribution is 0.174. The highest BCUT2D eigenvalue weighted by molar-refractivity contribution is 5.40. The van der Waals surface area contributed by atoms with E-state index in [1.54, 1.807) is 0 Å². The van der Waals surface area contributed by atoms with Crippen molar-refractivity contribution in [2.45, 2.75) is 0 Å². The van der Waals surface area contributed by atoms with Gasteiger partial charge in [0.15, 0.2) is 11.5 Å². The summed E-state index contributed by atoms with van der Waals surface area (Å²) < 4.78 is 10.2. The van der Waals surface area contributed by atoms with Crippen molar-refractivity contribution in [1.82, 2.24) is 0 Å². The van der Waals surface area contributed by atoms with Crippen LogP contribution in [0.5, 0.6) is 11.5 Å². The Morgan fingerprint density at radius 1 is 1.00 bits per heavy atom. The molecule has 0 aromatic heterocycles. The third-order valence-corrected chi connectivity index (χ3v) is 1.28. The molecule has 0 atom stereocenters. The maximum atomic E-state index is 5.08. The largest absolute Gasteiger partial charge is 0.454 e. The molecule has 1 aromatic rings. The summed E-state index contributed by atoms with van der Waals surface area (Å²) in [6, 6.07) is 7.63. The Morgan fingerprint density at radius 3 is 1.91 bits per heavy atom. The number of terminal acetylenes is 1. The first-order valence-corrected chi connectivity index (χ1v) is 3.15. The van der Waals surface area contributed by atoms with Gasteiger partial charge in [-0.05, 0) is 12.1 Å². The molecule has 2 rings (SSSR count). The molecular formula is C9H8O2. The number of para-hydroxylation sites is 2. The van der Waals surface area contributed by atoms with Gasteiger partial charge < -0.3 is 9.47 Å². The maximum Gasteiger partial charge on any atom is 0.231 e. The fourth-order valence-corrected chi connectivity index (χ4v) is 0.845. The monoisotopic (exact) mass is 148 g/mol. The van der Waals surface area contributed by atoms with Crippen LogP contribution in [0.4, 0.5) is 0 Å². The van der Waals surface area contributed by atoms with Crippen LogP contribution in [-0.2, 0) is 0 Å². The van der Waals surface area contributed by atoms with Gasteiger partial charge in [0.1, 0.15) is 0 Å². The van der Waals surface area contributed by atoms with Crippen LogP contribution < -0.4 is 9.47 Å².